The molecule has 0 fully saturated rings. The lowest BCUT2D eigenvalue weighted by Crippen LogP contribution is -2.37. The molecule has 4 nitrogen and oxygen atoms in total. The van der Waals surface area contributed by atoms with E-state index in [1.807, 2.05) is 44.2 Å². The van der Waals surface area contributed by atoms with Crippen molar-refractivity contribution in [1.82, 2.24) is 0 Å². The number of hydrogen-bond acceptors (Lipinski definition) is 3. The van der Waals surface area contributed by atoms with E-state index in [-0.39, 0.29) is 5.91 Å². The van der Waals surface area contributed by atoms with E-state index >= 15 is 0 Å². The van der Waals surface area contributed by atoms with Crippen molar-refractivity contribution in [2.24, 2.45) is 0 Å². The molecule has 4 heteroatoms. The van der Waals surface area contributed by atoms with E-state index in [1.165, 1.54) is 0 Å². The maximum atomic E-state index is 12.6. The number of rotatable bonds is 2. The van der Waals surface area contributed by atoms with Crippen LogP contribution in [0.1, 0.15) is 18.1 Å². The zero-order valence-corrected chi connectivity index (χ0v) is 12.7. The molecule has 1 aliphatic rings. The minimum atomic E-state index is -0.138. The molecular formula is C18H18N2O2. The van der Waals surface area contributed by atoms with E-state index in [4.69, 9.17) is 10.5 Å². The Hall–Kier alpha value is -2.75. The molecular weight excluding hydrogens is 276 g/mol. The molecule has 0 bridgehead atoms. The molecule has 0 saturated heterocycles. The Morgan fingerprint density at radius 3 is 2.77 bits per heavy atom. The van der Waals surface area contributed by atoms with Gasteiger partial charge in [0.1, 0.15) is 0 Å². The Kier molecular flexibility index (Phi) is 3.59. The van der Waals surface area contributed by atoms with Gasteiger partial charge in [-0.15, -0.1) is 0 Å². The summed E-state index contributed by atoms with van der Waals surface area (Å²) in [7, 11) is 0. The highest BCUT2D eigenvalue weighted by molar-refractivity contribution is 6.10. The summed E-state index contributed by atoms with van der Waals surface area (Å²) in [5.41, 5.74) is 9.25. The number of aryl methyl sites for hydroxylation is 1. The predicted octanol–water partition coefficient (Wildman–Crippen LogP) is 3.36. The van der Waals surface area contributed by atoms with Crippen LogP contribution < -0.4 is 15.4 Å². The van der Waals surface area contributed by atoms with Crippen LogP contribution in [0.5, 0.6) is 5.75 Å². The number of carbonyl (C=O) groups is 1. The summed E-state index contributed by atoms with van der Waals surface area (Å²) in [6.07, 6.45) is 1.77. The first-order valence-electron chi connectivity index (χ1n) is 7.26. The van der Waals surface area contributed by atoms with Crippen molar-refractivity contribution >= 4 is 23.4 Å². The Morgan fingerprint density at radius 1 is 1.23 bits per heavy atom. The molecule has 2 aromatic carbocycles. The second-order valence-corrected chi connectivity index (χ2v) is 5.30. The largest absolute Gasteiger partial charge is 0.449 e. The molecule has 1 amide bonds. The minimum absolute atomic E-state index is 0.138. The van der Waals surface area contributed by atoms with Crippen molar-refractivity contribution in [3.8, 4) is 5.75 Å². The number of nitrogen functional groups attached to an aromatic ring is 1. The number of amides is 1. The van der Waals surface area contributed by atoms with Crippen molar-refractivity contribution in [2.45, 2.75) is 13.8 Å². The number of carbonyl (C=O) groups excluding carboxylic acids is 1. The fraction of sp³-hybridized carbons (Fsp3) is 0.167. The second-order valence-electron chi connectivity index (χ2n) is 5.30. The fourth-order valence-corrected chi connectivity index (χ4v) is 2.56. The molecule has 0 aromatic heterocycles. The van der Waals surface area contributed by atoms with Gasteiger partial charge in [-0.3, -0.25) is 4.79 Å². The summed E-state index contributed by atoms with van der Waals surface area (Å²) in [5.74, 6) is 0.784. The quantitative estimate of drug-likeness (QED) is 0.682. The van der Waals surface area contributed by atoms with E-state index in [0.717, 1.165) is 16.8 Å². The highest BCUT2D eigenvalue weighted by atomic mass is 16.5. The summed E-state index contributed by atoms with van der Waals surface area (Å²) in [6, 6.07) is 13.3. The molecule has 0 spiro atoms. The maximum Gasteiger partial charge on any atom is 0.294 e. The first-order chi connectivity index (χ1) is 10.6. The summed E-state index contributed by atoms with van der Waals surface area (Å²) >= 11 is 0. The molecule has 112 valence electrons. The van der Waals surface area contributed by atoms with Crippen LogP contribution in [0, 0.1) is 6.92 Å². The zero-order chi connectivity index (χ0) is 15.7. The van der Waals surface area contributed by atoms with Crippen LogP contribution in [-0.2, 0) is 4.79 Å². The van der Waals surface area contributed by atoms with Crippen molar-refractivity contribution in [3.63, 3.8) is 0 Å². The monoisotopic (exact) mass is 294 g/mol. The SMILES string of the molecule is CCN1C(=O)/C(=C\c2cccc(C)c2)Oc2cc(N)ccc21. The lowest BCUT2D eigenvalue weighted by atomic mass is 10.1. The van der Waals surface area contributed by atoms with Gasteiger partial charge in [-0.2, -0.15) is 0 Å². The molecule has 1 heterocycles. The number of nitrogens with zero attached hydrogens (tertiary/aromatic N) is 1. The fourth-order valence-electron chi connectivity index (χ4n) is 2.56. The average molecular weight is 294 g/mol. The standard InChI is InChI=1S/C18H18N2O2/c1-3-20-15-8-7-14(19)11-16(15)22-17(18(20)21)10-13-6-4-5-12(2)9-13/h4-11H,3,19H2,1-2H3/b17-10+. The first kappa shape index (κ1) is 14.2. The van der Waals surface area contributed by atoms with Gasteiger partial charge in [0.15, 0.2) is 11.5 Å². The summed E-state index contributed by atoms with van der Waals surface area (Å²) in [4.78, 5) is 14.3. The highest BCUT2D eigenvalue weighted by Crippen LogP contribution is 2.37. The lowest BCUT2D eigenvalue weighted by molar-refractivity contribution is -0.117. The van der Waals surface area contributed by atoms with Gasteiger partial charge < -0.3 is 15.4 Å². The topological polar surface area (TPSA) is 55.6 Å². The van der Waals surface area contributed by atoms with Crippen LogP contribution in [0.4, 0.5) is 11.4 Å². The first-order valence-corrected chi connectivity index (χ1v) is 7.26. The maximum absolute atomic E-state index is 12.6. The van der Waals surface area contributed by atoms with E-state index in [9.17, 15) is 4.79 Å². The van der Waals surface area contributed by atoms with Gasteiger partial charge in [-0.1, -0.05) is 29.8 Å². The number of hydrogen-bond donors (Lipinski definition) is 1. The third kappa shape index (κ3) is 2.55. The summed E-state index contributed by atoms with van der Waals surface area (Å²) < 4.78 is 5.79. The van der Waals surface area contributed by atoms with Crippen molar-refractivity contribution in [2.75, 3.05) is 17.2 Å². The van der Waals surface area contributed by atoms with Gasteiger partial charge in [-0.25, -0.2) is 0 Å². The van der Waals surface area contributed by atoms with Crippen molar-refractivity contribution in [1.29, 1.82) is 0 Å². The van der Waals surface area contributed by atoms with Crippen LogP contribution in [0.2, 0.25) is 0 Å². The second kappa shape index (κ2) is 5.56. The van der Waals surface area contributed by atoms with E-state index < -0.39 is 0 Å². The molecule has 2 aromatic rings. The van der Waals surface area contributed by atoms with E-state index in [2.05, 4.69) is 0 Å². The van der Waals surface area contributed by atoms with Gasteiger partial charge in [-0.05, 0) is 37.6 Å². The molecule has 0 atom stereocenters. The third-order valence-corrected chi connectivity index (χ3v) is 3.61. The number of nitrogens with two attached hydrogens (primary N) is 1. The van der Waals surface area contributed by atoms with Gasteiger partial charge in [0.25, 0.3) is 5.91 Å². The smallest absolute Gasteiger partial charge is 0.294 e. The number of likely N-dealkylation sites (N-methyl/N-ethyl adjacent to an activating group) is 1. The predicted molar refractivity (Wildman–Crippen MR) is 88.7 cm³/mol. The Balaban J connectivity index is 2.05. The Labute approximate surface area is 129 Å². The molecule has 0 unspecified atom stereocenters. The van der Waals surface area contributed by atoms with Crippen LogP contribution in [0.3, 0.4) is 0 Å². The normalized spacial score (nSPS) is 15.6. The number of fused-ring (bicyclic) bond motifs is 1. The summed E-state index contributed by atoms with van der Waals surface area (Å²) in [6.45, 7) is 4.53. The molecule has 3 rings (SSSR count). The highest BCUT2D eigenvalue weighted by Gasteiger charge is 2.29. The van der Waals surface area contributed by atoms with Gasteiger partial charge in [0.05, 0.1) is 5.69 Å². The summed E-state index contributed by atoms with van der Waals surface area (Å²) in [5, 5.41) is 0. The molecule has 0 radical (unpaired) electrons. The van der Waals surface area contributed by atoms with Crippen molar-refractivity contribution < 1.29 is 9.53 Å². The van der Waals surface area contributed by atoms with E-state index in [1.54, 1.807) is 23.1 Å². The van der Waals surface area contributed by atoms with E-state index in [0.29, 0.717) is 23.7 Å². The van der Waals surface area contributed by atoms with Crippen molar-refractivity contribution in [3.05, 3.63) is 59.4 Å². The van der Waals surface area contributed by atoms with Crippen LogP contribution >= 0.6 is 0 Å². The molecule has 22 heavy (non-hydrogen) atoms. The Morgan fingerprint density at radius 2 is 2.05 bits per heavy atom. The number of ether oxygens (including phenoxy) is 1. The van der Waals surface area contributed by atoms with Gasteiger partial charge in [0, 0.05) is 18.3 Å². The molecule has 0 aliphatic carbocycles. The van der Waals surface area contributed by atoms with Crippen LogP contribution in [0.25, 0.3) is 6.08 Å². The molecule has 2 N–H and O–H groups in total. The number of benzene rings is 2. The van der Waals surface area contributed by atoms with Crippen LogP contribution in [0.15, 0.2) is 48.2 Å². The third-order valence-electron chi connectivity index (χ3n) is 3.61. The molecule has 1 aliphatic heterocycles. The average Bonchev–Trinajstić information content (AvgIpc) is 2.48. The number of anilines is 2. The van der Waals surface area contributed by atoms with Gasteiger partial charge >= 0.3 is 0 Å². The minimum Gasteiger partial charge on any atom is -0.449 e. The Bertz CT molecular complexity index is 765. The molecule has 0 saturated carbocycles. The van der Waals surface area contributed by atoms with Crippen LogP contribution in [-0.4, -0.2) is 12.5 Å². The lowest BCUT2D eigenvalue weighted by Gasteiger charge is -2.29. The van der Waals surface area contributed by atoms with Gasteiger partial charge in [0.2, 0.25) is 0 Å². The zero-order valence-electron chi connectivity index (χ0n) is 12.7.